The summed E-state index contributed by atoms with van der Waals surface area (Å²) in [6, 6.07) is 16.1. The van der Waals surface area contributed by atoms with Gasteiger partial charge in [0, 0.05) is 31.0 Å². The number of phenols is 1. The van der Waals surface area contributed by atoms with Crippen LogP contribution in [0.2, 0.25) is 0 Å². The fraction of sp³-hybridized carbons (Fsp3) is 0.281. The molecule has 0 radical (unpaired) electrons. The molecule has 0 saturated heterocycles. The van der Waals surface area contributed by atoms with Crippen LogP contribution in [0.15, 0.2) is 66.7 Å². The largest absolute Gasteiger partial charge is 0.508 e. The fourth-order valence-electron chi connectivity index (χ4n) is 4.29. The van der Waals surface area contributed by atoms with Crippen molar-refractivity contribution in [3.8, 4) is 17.2 Å². The van der Waals surface area contributed by atoms with Crippen LogP contribution in [0.25, 0.3) is 11.6 Å². The van der Waals surface area contributed by atoms with Gasteiger partial charge < -0.3 is 25.2 Å². The van der Waals surface area contributed by atoms with Crippen LogP contribution in [0.1, 0.15) is 42.4 Å². The Morgan fingerprint density at radius 2 is 1.56 bits per heavy atom. The number of ether oxygens (including phenoxy) is 2. The number of amides is 3. The zero-order valence-corrected chi connectivity index (χ0v) is 24.1. The van der Waals surface area contributed by atoms with Crippen molar-refractivity contribution in [2.24, 2.45) is 0 Å². The van der Waals surface area contributed by atoms with Gasteiger partial charge >= 0.3 is 0 Å². The van der Waals surface area contributed by atoms with Crippen molar-refractivity contribution >= 4 is 29.4 Å². The summed E-state index contributed by atoms with van der Waals surface area (Å²) >= 11 is 0. The standard InChI is InChI=1S/C32H36FN3O7/c1-42-26-16-22(17-27(20-26)43-2)18-28(23-9-11-24(33)12-10-23)31(39)34-15-5-3-4-6-30(38)35-29(32(40)36-41)19-21-7-13-25(37)14-8-21/h7-14,16-18,20,29,37,41H,3-6,15,19H2,1-2H3,(H,34,39)(H,35,38)(H,36,40). The average Bonchev–Trinajstić information content (AvgIpc) is 3.02. The van der Waals surface area contributed by atoms with Crippen LogP contribution in [0, 0.1) is 5.82 Å². The number of benzene rings is 3. The molecule has 0 saturated carbocycles. The third-order valence-corrected chi connectivity index (χ3v) is 6.59. The molecule has 228 valence electrons. The summed E-state index contributed by atoms with van der Waals surface area (Å²) in [5.41, 5.74) is 3.79. The number of rotatable bonds is 15. The number of methoxy groups -OCH3 is 2. The molecule has 0 aliphatic heterocycles. The Bertz CT molecular complexity index is 1390. The summed E-state index contributed by atoms with van der Waals surface area (Å²) in [5.74, 6) is -0.688. The van der Waals surface area contributed by atoms with Gasteiger partial charge in [-0.15, -0.1) is 0 Å². The van der Waals surface area contributed by atoms with Crippen molar-refractivity contribution in [3.05, 3.63) is 89.2 Å². The van der Waals surface area contributed by atoms with E-state index in [1.165, 1.54) is 50.6 Å². The number of hydroxylamine groups is 1. The van der Waals surface area contributed by atoms with Gasteiger partial charge in [0.1, 0.15) is 29.1 Å². The molecule has 3 rings (SSSR count). The van der Waals surface area contributed by atoms with Crippen LogP contribution >= 0.6 is 0 Å². The van der Waals surface area contributed by atoms with Crippen molar-refractivity contribution in [3.63, 3.8) is 0 Å². The molecule has 3 aromatic rings. The molecule has 3 amide bonds. The number of nitrogens with one attached hydrogen (secondary N) is 3. The van der Waals surface area contributed by atoms with Crippen LogP contribution in [0.4, 0.5) is 4.39 Å². The van der Waals surface area contributed by atoms with Gasteiger partial charge in [0.15, 0.2) is 0 Å². The highest BCUT2D eigenvalue weighted by Gasteiger charge is 2.21. The minimum atomic E-state index is -0.984. The van der Waals surface area contributed by atoms with Gasteiger partial charge in [0.2, 0.25) is 5.91 Å². The average molecular weight is 594 g/mol. The van der Waals surface area contributed by atoms with E-state index in [2.05, 4.69) is 10.6 Å². The molecular formula is C32H36FN3O7. The monoisotopic (exact) mass is 593 g/mol. The molecule has 5 N–H and O–H groups in total. The first kappa shape index (κ1) is 32.6. The van der Waals surface area contributed by atoms with Crippen LogP contribution in [-0.4, -0.2) is 54.8 Å². The molecule has 0 aliphatic carbocycles. The molecule has 1 atom stereocenters. The number of unbranched alkanes of at least 4 members (excludes halogenated alkanes) is 2. The summed E-state index contributed by atoms with van der Waals surface area (Å²) in [6.07, 6.45) is 3.70. The number of carbonyl (C=O) groups is 3. The highest BCUT2D eigenvalue weighted by atomic mass is 19.1. The Kier molecular flexibility index (Phi) is 12.5. The molecule has 0 fully saturated rings. The van der Waals surface area contributed by atoms with Gasteiger partial charge in [-0.05, 0) is 72.0 Å². The van der Waals surface area contributed by atoms with Crippen molar-refractivity contribution in [1.82, 2.24) is 16.1 Å². The maximum absolute atomic E-state index is 13.6. The summed E-state index contributed by atoms with van der Waals surface area (Å²) in [7, 11) is 3.06. The van der Waals surface area contributed by atoms with E-state index in [0.29, 0.717) is 59.6 Å². The molecular weight excluding hydrogens is 557 g/mol. The molecule has 11 heteroatoms. The van der Waals surface area contributed by atoms with Crippen molar-refractivity contribution < 1.29 is 38.6 Å². The molecule has 43 heavy (non-hydrogen) atoms. The molecule has 3 aromatic carbocycles. The SMILES string of the molecule is COc1cc(C=C(C(=O)NCCCCCC(=O)NC(Cc2ccc(O)cc2)C(=O)NO)c2ccc(F)cc2)cc(OC)c1. The topological polar surface area (TPSA) is 146 Å². The number of hydrogen-bond donors (Lipinski definition) is 5. The quantitative estimate of drug-likeness (QED) is 0.0589. The second-order valence-electron chi connectivity index (χ2n) is 9.74. The molecule has 0 bridgehead atoms. The molecule has 10 nitrogen and oxygen atoms in total. The van der Waals surface area contributed by atoms with E-state index in [1.807, 2.05) is 0 Å². The van der Waals surface area contributed by atoms with E-state index in [4.69, 9.17) is 14.7 Å². The summed E-state index contributed by atoms with van der Waals surface area (Å²) in [5, 5.41) is 24.0. The van der Waals surface area contributed by atoms with Gasteiger partial charge in [-0.3, -0.25) is 19.6 Å². The Morgan fingerprint density at radius 3 is 2.16 bits per heavy atom. The predicted octanol–water partition coefficient (Wildman–Crippen LogP) is 4.00. The van der Waals surface area contributed by atoms with Gasteiger partial charge in [-0.2, -0.15) is 0 Å². The van der Waals surface area contributed by atoms with Gasteiger partial charge in [-0.1, -0.05) is 30.7 Å². The van der Waals surface area contributed by atoms with E-state index in [-0.39, 0.29) is 30.4 Å². The lowest BCUT2D eigenvalue weighted by atomic mass is 10.0. The fourth-order valence-corrected chi connectivity index (χ4v) is 4.29. The van der Waals surface area contributed by atoms with E-state index in [9.17, 15) is 23.9 Å². The number of halogens is 1. The Morgan fingerprint density at radius 1 is 0.907 bits per heavy atom. The lowest BCUT2D eigenvalue weighted by molar-refractivity contribution is -0.134. The minimum absolute atomic E-state index is 0.0763. The third kappa shape index (κ3) is 10.5. The first-order valence-electron chi connectivity index (χ1n) is 13.7. The van der Waals surface area contributed by atoms with Crippen molar-refractivity contribution in [2.75, 3.05) is 20.8 Å². The van der Waals surface area contributed by atoms with Crippen molar-refractivity contribution in [2.45, 2.75) is 38.1 Å². The summed E-state index contributed by atoms with van der Waals surface area (Å²) in [6.45, 7) is 0.344. The number of phenolic OH excluding ortho intramolecular Hbond substituents is 1. The van der Waals surface area contributed by atoms with Crippen LogP contribution < -0.4 is 25.6 Å². The summed E-state index contributed by atoms with van der Waals surface area (Å²) < 4.78 is 24.2. The first-order chi connectivity index (χ1) is 20.7. The smallest absolute Gasteiger partial charge is 0.266 e. The van der Waals surface area contributed by atoms with E-state index >= 15 is 0 Å². The van der Waals surface area contributed by atoms with E-state index in [1.54, 1.807) is 41.9 Å². The molecule has 1 unspecified atom stereocenters. The lowest BCUT2D eigenvalue weighted by Gasteiger charge is -2.17. The number of hydrogen-bond acceptors (Lipinski definition) is 7. The van der Waals surface area contributed by atoms with Gasteiger partial charge in [-0.25, -0.2) is 9.87 Å². The van der Waals surface area contributed by atoms with E-state index < -0.39 is 17.8 Å². The number of aromatic hydroxyl groups is 1. The van der Waals surface area contributed by atoms with Crippen molar-refractivity contribution in [1.29, 1.82) is 0 Å². The maximum Gasteiger partial charge on any atom is 0.266 e. The highest BCUT2D eigenvalue weighted by molar-refractivity contribution is 6.24. The Labute approximate surface area is 249 Å². The zero-order valence-electron chi connectivity index (χ0n) is 24.1. The molecule has 0 spiro atoms. The first-order valence-corrected chi connectivity index (χ1v) is 13.7. The summed E-state index contributed by atoms with van der Waals surface area (Å²) in [4.78, 5) is 37.7. The lowest BCUT2D eigenvalue weighted by Crippen LogP contribution is -2.47. The highest BCUT2D eigenvalue weighted by Crippen LogP contribution is 2.26. The second-order valence-corrected chi connectivity index (χ2v) is 9.74. The minimum Gasteiger partial charge on any atom is -0.508 e. The van der Waals surface area contributed by atoms with Crippen LogP contribution in [0.3, 0.4) is 0 Å². The number of carbonyl (C=O) groups excluding carboxylic acids is 3. The van der Waals surface area contributed by atoms with Gasteiger partial charge in [0.25, 0.3) is 11.8 Å². The molecule has 0 heterocycles. The normalized spacial score (nSPS) is 11.8. The Hall–Kier alpha value is -4.90. The zero-order chi connectivity index (χ0) is 31.2. The molecule has 0 aromatic heterocycles. The Balaban J connectivity index is 1.53. The van der Waals surface area contributed by atoms with Crippen LogP contribution in [0.5, 0.6) is 17.2 Å². The second kappa shape index (κ2) is 16.5. The van der Waals surface area contributed by atoms with E-state index in [0.717, 1.165) is 0 Å². The molecule has 0 aliphatic rings. The van der Waals surface area contributed by atoms with Crippen LogP contribution in [-0.2, 0) is 20.8 Å². The van der Waals surface area contributed by atoms with Gasteiger partial charge in [0.05, 0.1) is 14.2 Å². The predicted molar refractivity (Wildman–Crippen MR) is 159 cm³/mol. The third-order valence-electron chi connectivity index (χ3n) is 6.59. The maximum atomic E-state index is 13.6.